The van der Waals surface area contributed by atoms with Crippen LogP contribution >= 0.6 is 11.8 Å². The highest BCUT2D eigenvalue weighted by Crippen LogP contribution is 2.36. The molecule has 1 heterocycles. The van der Waals surface area contributed by atoms with Gasteiger partial charge in [0.15, 0.2) is 0 Å². The van der Waals surface area contributed by atoms with Crippen LogP contribution in [0.2, 0.25) is 0 Å². The molecule has 0 saturated carbocycles. The molecule has 3 amide bonds. The second-order valence-electron chi connectivity index (χ2n) is 7.93. The molecule has 0 aliphatic carbocycles. The summed E-state index contributed by atoms with van der Waals surface area (Å²) in [6.07, 6.45) is 1.33. The SMILES string of the molecule is CC(=O)Nc1ccc(S(=O)(=O)Oc2ccccc2/C=C2\SC(=O)N(Cc3ccccc3[N+](=O)[O-])C2=O)cc1. The maximum Gasteiger partial charge on any atom is 0.339 e. The van der Waals surface area contributed by atoms with Crippen LogP contribution < -0.4 is 9.50 Å². The zero-order chi connectivity index (χ0) is 27.4. The lowest BCUT2D eigenvalue weighted by molar-refractivity contribution is -0.385. The number of carbonyl (C=O) groups is 3. The number of benzene rings is 3. The van der Waals surface area contributed by atoms with E-state index in [2.05, 4.69) is 5.32 Å². The van der Waals surface area contributed by atoms with E-state index in [0.29, 0.717) is 17.4 Å². The number of nitro benzene ring substituents is 1. The smallest absolute Gasteiger partial charge is 0.339 e. The summed E-state index contributed by atoms with van der Waals surface area (Å²) in [4.78, 5) is 48.2. The topological polar surface area (TPSA) is 153 Å². The van der Waals surface area contributed by atoms with Crippen LogP contribution in [0.25, 0.3) is 6.08 Å². The van der Waals surface area contributed by atoms with E-state index in [4.69, 9.17) is 4.18 Å². The van der Waals surface area contributed by atoms with E-state index < -0.39 is 26.2 Å². The summed E-state index contributed by atoms with van der Waals surface area (Å²) in [5.74, 6) is -1.06. The van der Waals surface area contributed by atoms with Crippen LogP contribution in [0.1, 0.15) is 18.1 Å². The Bertz CT molecular complexity index is 1580. The minimum Gasteiger partial charge on any atom is -0.378 e. The van der Waals surface area contributed by atoms with Crippen molar-refractivity contribution in [3.8, 4) is 5.75 Å². The van der Waals surface area contributed by atoms with Gasteiger partial charge in [-0.1, -0.05) is 36.4 Å². The van der Waals surface area contributed by atoms with Crippen LogP contribution in [0, 0.1) is 10.1 Å². The van der Waals surface area contributed by atoms with Crippen molar-refractivity contribution in [1.82, 2.24) is 4.90 Å². The normalized spacial score (nSPS) is 14.6. The van der Waals surface area contributed by atoms with Gasteiger partial charge in [0.2, 0.25) is 5.91 Å². The zero-order valence-electron chi connectivity index (χ0n) is 19.7. The predicted octanol–water partition coefficient (Wildman–Crippen LogP) is 4.56. The number of hydrogen-bond acceptors (Lipinski definition) is 9. The van der Waals surface area contributed by atoms with Crippen LogP contribution in [-0.4, -0.2) is 35.3 Å². The molecular weight excluding hydrogens is 534 g/mol. The number of rotatable bonds is 8. The standard InChI is InChI=1S/C25H19N3O8S2/c1-16(29)26-19-10-12-20(13-11-19)38(34,35)36-22-9-5-3-6-17(22)14-23-24(30)27(25(31)37-23)15-18-7-2-4-8-21(18)28(32)33/h2-14H,15H2,1H3,(H,26,29)/b23-14-. The van der Waals surface area contributed by atoms with E-state index in [-0.39, 0.29) is 44.8 Å². The molecule has 38 heavy (non-hydrogen) atoms. The van der Waals surface area contributed by atoms with E-state index in [1.165, 1.54) is 67.6 Å². The predicted molar refractivity (Wildman–Crippen MR) is 140 cm³/mol. The lowest BCUT2D eigenvalue weighted by Crippen LogP contribution is -2.27. The van der Waals surface area contributed by atoms with Gasteiger partial charge in [-0.05, 0) is 48.2 Å². The van der Waals surface area contributed by atoms with Crippen LogP contribution in [0.15, 0.2) is 82.6 Å². The fraction of sp³-hybridized carbons (Fsp3) is 0.0800. The Hall–Kier alpha value is -4.49. The summed E-state index contributed by atoms with van der Waals surface area (Å²) < 4.78 is 31.0. The molecule has 1 fully saturated rings. The number of hydrogen-bond donors (Lipinski definition) is 1. The molecule has 0 unspecified atom stereocenters. The number of para-hydroxylation sites is 2. The molecule has 3 aromatic rings. The number of thioether (sulfide) groups is 1. The lowest BCUT2D eigenvalue weighted by atomic mass is 10.1. The van der Waals surface area contributed by atoms with Gasteiger partial charge in [0, 0.05) is 29.8 Å². The van der Waals surface area contributed by atoms with E-state index in [0.717, 1.165) is 4.90 Å². The van der Waals surface area contributed by atoms with Crippen LogP contribution in [0.3, 0.4) is 0 Å². The van der Waals surface area contributed by atoms with Crippen molar-refractivity contribution in [2.45, 2.75) is 18.4 Å². The molecule has 194 valence electrons. The number of anilines is 1. The molecule has 13 heteroatoms. The molecule has 0 bridgehead atoms. The first-order chi connectivity index (χ1) is 18.0. The lowest BCUT2D eigenvalue weighted by Gasteiger charge is -2.12. The van der Waals surface area contributed by atoms with Crippen molar-refractivity contribution in [3.63, 3.8) is 0 Å². The first kappa shape index (κ1) is 26.6. The first-order valence-corrected chi connectivity index (χ1v) is 13.2. The van der Waals surface area contributed by atoms with Gasteiger partial charge < -0.3 is 9.50 Å². The fourth-order valence-electron chi connectivity index (χ4n) is 3.52. The van der Waals surface area contributed by atoms with Crippen LogP contribution in [0.5, 0.6) is 5.75 Å². The molecule has 0 aromatic heterocycles. The average molecular weight is 554 g/mol. The number of carbonyl (C=O) groups excluding carboxylic acids is 3. The third-order valence-electron chi connectivity index (χ3n) is 5.26. The van der Waals surface area contributed by atoms with Gasteiger partial charge in [-0.3, -0.25) is 29.4 Å². The number of nitro groups is 1. The summed E-state index contributed by atoms with van der Waals surface area (Å²) in [5, 5.41) is 13.2. The highest BCUT2D eigenvalue weighted by molar-refractivity contribution is 8.18. The van der Waals surface area contributed by atoms with Crippen molar-refractivity contribution in [2.75, 3.05) is 5.32 Å². The molecule has 1 aliphatic rings. The third kappa shape index (κ3) is 5.90. The third-order valence-corrected chi connectivity index (χ3v) is 7.41. The monoisotopic (exact) mass is 553 g/mol. The Kier molecular flexibility index (Phi) is 7.60. The Morgan fingerprint density at radius 1 is 1.05 bits per heavy atom. The maximum absolute atomic E-state index is 13.0. The van der Waals surface area contributed by atoms with Gasteiger partial charge in [0.1, 0.15) is 10.6 Å². The second-order valence-corrected chi connectivity index (χ2v) is 10.5. The molecule has 1 N–H and O–H groups in total. The highest BCUT2D eigenvalue weighted by Gasteiger charge is 2.36. The Labute approximate surface area is 221 Å². The van der Waals surface area contributed by atoms with Gasteiger partial charge in [-0.15, -0.1) is 0 Å². The van der Waals surface area contributed by atoms with Crippen LogP contribution in [0.4, 0.5) is 16.2 Å². The van der Waals surface area contributed by atoms with Gasteiger partial charge in [-0.25, -0.2) is 0 Å². The largest absolute Gasteiger partial charge is 0.378 e. The second kappa shape index (κ2) is 10.9. The molecule has 1 saturated heterocycles. The number of imide groups is 1. The van der Waals surface area contributed by atoms with Gasteiger partial charge >= 0.3 is 10.1 Å². The first-order valence-electron chi connectivity index (χ1n) is 10.9. The molecule has 3 aromatic carbocycles. The average Bonchev–Trinajstić information content (AvgIpc) is 3.12. The fourth-order valence-corrected chi connectivity index (χ4v) is 5.30. The number of nitrogens with zero attached hydrogens (tertiary/aromatic N) is 2. The Morgan fingerprint density at radius 2 is 1.71 bits per heavy atom. The van der Waals surface area contributed by atoms with Crippen molar-refractivity contribution in [3.05, 3.63) is 98.9 Å². The summed E-state index contributed by atoms with van der Waals surface area (Å²) >= 11 is 0.629. The summed E-state index contributed by atoms with van der Waals surface area (Å²) in [6, 6.07) is 17.2. The molecule has 0 atom stereocenters. The molecule has 11 nitrogen and oxygen atoms in total. The van der Waals surface area contributed by atoms with Gasteiger partial charge in [0.05, 0.1) is 16.4 Å². The van der Waals surface area contributed by atoms with Gasteiger partial charge in [-0.2, -0.15) is 8.42 Å². The molecule has 1 aliphatic heterocycles. The van der Waals surface area contributed by atoms with Crippen molar-refractivity contribution in [1.29, 1.82) is 0 Å². The molecule has 0 spiro atoms. The summed E-state index contributed by atoms with van der Waals surface area (Å²) in [5.41, 5.74) is 0.612. The molecule has 4 rings (SSSR count). The minimum atomic E-state index is -4.28. The van der Waals surface area contributed by atoms with E-state index in [1.807, 2.05) is 0 Å². The summed E-state index contributed by atoms with van der Waals surface area (Å²) in [7, 11) is -4.28. The summed E-state index contributed by atoms with van der Waals surface area (Å²) in [6.45, 7) is 1.03. The van der Waals surface area contributed by atoms with E-state index in [9.17, 15) is 32.9 Å². The zero-order valence-corrected chi connectivity index (χ0v) is 21.3. The minimum absolute atomic E-state index is 0.00157. The van der Waals surface area contributed by atoms with Gasteiger partial charge in [0.25, 0.3) is 16.8 Å². The maximum atomic E-state index is 13.0. The Balaban J connectivity index is 1.57. The highest BCUT2D eigenvalue weighted by atomic mass is 32.2. The van der Waals surface area contributed by atoms with Crippen molar-refractivity contribution < 1.29 is 31.9 Å². The number of amides is 3. The van der Waals surface area contributed by atoms with E-state index >= 15 is 0 Å². The van der Waals surface area contributed by atoms with Crippen molar-refractivity contribution >= 4 is 56.4 Å². The Morgan fingerprint density at radius 3 is 2.39 bits per heavy atom. The molecule has 0 radical (unpaired) electrons. The van der Waals surface area contributed by atoms with Crippen molar-refractivity contribution in [2.24, 2.45) is 0 Å². The van der Waals surface area contributed by atoms with E-state index in [1.54, 1.807) is 18.2 Å². The quantitative estimate of drug-likeness (QED) is 0.183. The molecular formula is C25H19N3O8S2. The number of nitrogens with one attached hydrogen (secondary N) is 1. The van der Waals surface area contributed by atoms with Crippen LogP contribution in [-0.2, 0) is 26.3 Å².